The predicted molar refractivity (Wildman–Crippen MR) is 72.6 cm³/mol. The quantitative estimate of drug-likeness (QED) is 0.893. The van der Waals surface area contributed by atoms with Gasteiger partial charge in [-0.25, -0.2) is 19.7 Å². The number of rotatable bonds is 4. The molecule has 0 saturated heterocycles. The standard InChI is InChI=1S/C12H14N4O2S/c1-6-10(19-8(3)14-6)7(2)15-12-13-5-4-9(16-12)11(17)18/h4-5,7H,1-3H3,(H,17,18)(H,13,15,16). The highest BCUT2D eigenvalue weighted by Gasteiger charge is 2.14. The number of aromatic carboxylic acids is 1. The smallest absolute Gasteiger partial charge is 0.354 e. The van der Waals surface area contributed by atoms with Crippen molar-refractivity contribution in [1.29, 1.82) is 0 Å². The van der Waals surface area contributed by atoms with Crippen LogP contribution in [0.3, 0.4) is 0 Å². The number of nitrogens with one attached hydrogen (secondary N) is 1. The van der Waals surface area contributed by atoms with Gasteiger partial charge >= 0.3 is 5.97 Å². The van der Waals surface area contributed by atoms with Crippen LogP contribution < -0.4 is 5.32 Å². The van der Waals surface area contributed by atoms with E-state index in [1.165, 1.54) is 12.3 Å². The van der Waals surface area contributed by atoms with Crippen LogP contribution in [0.2, 0.25) is 0 Å². The Morgan fingerprint density at radius 2 is 2.16 bits per heavy atom. The molecule has 19 heavy (non-hydrogen) atoms. The second kappa shape index (κ2) is 5.31. The van der Waals surface area contributed by atoms with E-state index in [0.717, 1.165) is 15.6 Å². The maximum Gasteiger partial charge on any atom is 0.354 e. The van der Waals surface area contributed by atoms with Gasteiger partial charge < -0.3 is 10.4 Å². The van der Waals surface area contributed by atoms with Crippen molar-refractivity contribution in [1.82, 2.24) is 15.0 Å². The van der Waals surface area contributed by atoms with Crippen molar-refractivity contribution in [2.24, 2.45) is 0 Å². The van der Waals surface area contributed by atoms with Gasteiger partial charge in [0.1, 0.15) is 0 Å². The van der Waals surface area contributed by atoms with E-state index >= 15 is 0 Å². The molecule has 2 aromatic heterocycles. The number of hydrogen-bond donors (Lipinski definition) is 2. The normalized spacial score (nSPS) is 12.2. The van der Waals surface area contributed by atoms with Crippen LogP contribution in [-0.4, -0.2) is 26.0 Å². The molecule has 0 saturated carbocycles. The van der Waals surface area contributed by atoms with Gasteiger partial charge in [-0.1, -0.05) is 0 Å². The summed E-state index contributed by atoms with van der Waals surface area (Å²) in [5, 5.41) is 13.0. The summed E-state index contributed by atoms with van der Waals surface area (Å²) in [6, 6.07) is 1.34. The van der Waals surface area contributed by atoms with Crippen molar-refractivity contribution in [2.45, 2.75) is 26.8 Å². The van der Waals surface area contributed by atoms with Gasteiger partial charge in [-0.15, -0.1) is 11.3 Å². The molecule has 2 N–H and O–H groups in total. The molecule has 0 bridgehead atoms. The lowest BCUT2D eigenvalue weighted by molar-refractivity contribution is 0.0690. The lowest BCUT2D eigenvalue weighted by Crippen LogP contribution is -2.11. The maximum absolute atomic E-state index is 10.8. The van der Waals surface area contributed by atoms with Gasteiger partial charge in [-0.05, 0) is 26.8 Å². The predicted octanol–water partition coefficient (Wildman–Crippen LogP) is 2.42. The molecule has 0 aromatic carbocycles. The first-order valence-electron chi connectivity index (χ1n) is 5.74. The van der Waals surface area contributed by atoms with Crippen LogP contribution in [0.25, 0.3) is 0 Å². The molecule has 0 radical (unpaired) electrons. The number of nitrogens with zero attached hydrogens (tertiary/aromatic N) is 3. The molecule has 0 aliphatic rings. The van der Waals surface area contributed by atoms with Gasteiger partial charge in [0.05, 0.1) is 16.7 Å². The topological polar surface area (TPSA) is 88.0 Å². The summed E-state index contributed by atoms with van der Waals surface area (Å²) in [6.45, 7) is 5.87. The molecule has 2 rings (SSSR count). The molecule has 7 heteroatoms. The largest absolute Gasteiger partial charge is 0.477 e. The average Bonchev–Trinajstić information content (AvgIpc) is 2.69. The first-order valence-corrected chi connectivity index (χ1v) is 6.56. The van der Waals surface area contributed by atoms with Crippen LogP contribution in [0.15, 0.2) is 12.3 Å². The SMILES string of the molecule is Cc1nc(C)c(C(C)Nc2nccc(C(=O)O)n2)s1. The Balaban J connectivity index is 2.19. The minimum Gasteiger partial charge on any atom is -0.477 e. The molecule has 0 aliphatic carbocycles. The summed E-state index contributed by atoms with van der Waals surface area (Å²) in [4.78, 5) is 24.3. The Morgan fingerprint density at radius 3 is 2.74 bits per heavy atom. The molecular formula is C12H14N4O2S. The number of carboxylic acid groups (broad SMARTS) is 1. The van der Waals surface area contributed by atoms with E-state index in [9.17, 15) is 4.79 Å². The van der Waals surface area contributed by atoms with Crippen LogP contribution in [0.4, 0.5) is 5.95 Å². The highest BCUT2D eigenvalue weighted by Crippen LogP contribution is 2.26. The Morgan fingerprint density at radius 1 is 1.42 bits per heavy atom. The fourth-order valence-electron chi connectivity index (χ4n) is 1.76. The van der Waals surface area contributed by atoms with Gasteiger partial charge in [0.25, 0.3) is 0 Å². The van der Waals surface area contributed by atoms with Gasteiger partial charge in [0.2, 0.25) is 5.95 Å². The van der Waals surface area contributed by atoms with E-state index in [4.69, 9.17) is 5.11 Å². The lowest BCUT2D eigenvalue weighted by atomic mass is 10.2. The van der Waals surface area contributed by atoms with Crippen LogP contribution in [0, 0.1) is 13.8 Å². The van der Waals surface area contributed by atoms with Crippen LogP contribution in [-0.2, 0) is 0 Å². The van der Waals surface area contributed by atoms with Crippen molar-refractivity contribution in [3.05, 3.63) is 33.5 Å². The lowest BCUT2D eigenvalue weighted by Gasteiger charge is -2.12. The third-order valence-electron chi connectivity index (χ3n) is 2.55. The number of hydrogen-bond acceptors (Lipinski definition) is 6. The van der Waals surface area contributed by atoms with E-state index in [2.05, 4.69) is 20.3 Å². The summed E-state index contributed by atoms with van der Waals surface area (Å²) in [6.07, 6.45) is 1.43. The Kier molecular flexibility index (Phi) is 3.75. The number of carbonyl (C=O) groups is 1. The molecule has 0 spiro atoms. The minimum absolute atomic E-state index is 0.0183. The molecule has 0 aliphatic heterocycles. The van der Waals surface area contributed by atoms with Gasteiger partial charge in [0.15, 0.2) is 5.69 Å². The fraction of sp³-hybridized carbons (Fsp3) is 0.333. The fourth-order valence-corrected chi connectivity index (χ4v) is 2.69. The van der Waals surface area contributed by atoms with Crippen molar-refractivity contribution >= 4 is 23.3 Å². The molecular weight excluding hydrogens is 264 g/mol. The van der Waals surface area contributed by atoms with E-state index in [0.29, 0.717) is 5.95 Å². The third kappa shape index (κ3) is 3.05. The molecule has 6 nitrogen and oxygen atoms in total. The molecule has 2 aromatic rings. The van der Waals surface area contributed by atoms with Crippen molar-refractivity contribution in [3.63, 3.8) is 0 Å². The van der Waals surface area contributed by atoms with Crippen molar-refractivity contribution in [2.75, 3.05) is 5.32 Å². The summed E-state index contributed by atoms with van der Waals surface area (Å²) in [7, 11) is 0. The van der Waals surface area contributed by atoms with Crippen LogP contribution in [0.1, 0.15) is 39.0 Å². The number of aromatic nitrogens is 3. The summed E-state index contributed by atoms with van der Waals surface area (Å²) in [5.74, 6) is -0.763. The number of anilines is 1. The third-order valence-corrected chi connectivity index (χ3v) is 3.81. The molecule has 100 valence electrons. The van der Waals surface area contributed by atoms with Gasteiger partial charge in [0, 0.05) is 11.1 Å². The molecule has 1 atom stereocenters. The second-order valence-corrected chi connectivity index (χ2v) is 5.35. The zero-order valence-corrected chi connectivity index (χ0v) is 11.7. The summed E-state index contributed by atoms with van der Waals surface area (Å²) < 4.78 is 0. The summed E-state index contributed by atoms with van der Waals surface area (Å²) in [5.41, 5.74) is 0.943. The zero-order valence-electron chi connectivity index (χ0n) is 10.8. The minimum atomic E-state index is -1.07. The van der Waals surface area contributed by atoms with Crippen molar-refractivity contribution in [3.8, 4) is 0 Å². The van der Waals surface area contributed by atoms with E-state index in [-0.39, 0.29) is 11.7 Å². The van der Waals surface area contributed by atoms with E-state index in [1.807, 2.05) is 20.8 Å². The van der Waals surface area contributed by atoms with E-state index < -0.39 is 5.97 Å². The Labute approximate surface area is 114 Å². The first kappa shape index (κ1) is 13.4. The second-order valence-electron chi connectivity index (χ2n) is 4.12. The zero-order chi connectivity index (χ0) is 14.0. The number of carboxylic acids is 1. The van der Waals surface area contributed by atoms with Gasteiger partial charge in [-0.3, -0.25) is 0 Å². The summed E-state index contributed by atoms with van der Waals surface area (Å²) >= 11 is 1.61. The highest BCUT2D eigenvalue weighted by molar-refractivity contribution is 7.11. The molecule has 2 heterocycles. The number of aryl methyl sites for hydroxylation is 2. The monoisotopic (exact) mass is 278 g/mol. The highest BCUT2D eigenvalue weighted by atomic mass is 32.1. The van der Waals surface area contributed by atoms with Crippen LogP contribution >= 0.6 is 11.3 Å². The molecule has 1 unspecified atom stereocenters. The molecule has 0 amide bonds. The maximum atomic E-state index is 10.8. The van der Waals surface area contributed by atoms with E-state index in [1.54, 1.807) is 11.3 Å². The van der Waals surface area contributed by atoms with Crippen molar-refractivity contribution < 1.29 is 9.90 Å². The average molecular weight is 278 g/mol. The Hall–Kier alpha value is -2.02. The van der Waals surface area contributed by atoms with Gasteiger partial charge in [-0.2, -0.15) is 0 Å². The molecule has 0 fully saturated rings. The van der Waals surface area contributed by atoms with Crippen LogP contribution in [0.5, 0.6) is 0 Å². The Bertz CT molecular complexity index is 612. The first-order chi connectivity index (χ1) is 8.97. The number of thiazole rings is 1.